The molecule has 0 fully saturated rings. The molecule has 0 aliphatic carbocycles. The minimum Gasteiger partial charge on any atom is -0.493 e. The van der Waals surface area contributed by atoms with Gasteiger partial charge in [-0.1, -0.05) is 6.07 Å². The summed E-state index contributed by atoms with van der Waals surface area (Å²) in [7, 11) is 3.10. The van der Waals surface area contributed by atoms with Crippen molar-refractivity contribution >= 4 is 5.97 Å². The molecule has 1 N–H and O–H groups in total. The Morgan fingerprint density at radius 3 is 2.47 bits per heavy atom. The molecule has 0 saturated heterocycles. The molecule has 1 aromatic carbocycles. The molecule has 2 rings (SSSR count). The zero-order chi connectivity index (χ0) is 13.8. The van der Waals surface area contributed by atoms with E-state index in [-0.39, 0.29) is 5.69 Å². The summed E-state index contributed by atoms with van der Waals surface area (Å²) in [6.45, 7) is 0. The molecule has 1 heterocycles. The van der Waals surface area contributed by atoms with Crippen LogP contribution in [0.2, 0.25) is 0 Å². The first kappa shape index (κ1) is 12.9. The van der Waals surface area contributed by atoms with Crippen molar-refractivity contribution in [3.05, 3.63) is 42.1 Å². The van der Waals surface area contributed by atoms with E-state index >= 15 is 0 Å². The largest absolute Gasteiger partial charge is 0.493 e. The van der Waals surface area contributed by atoms with Crippen LogP contribution in [0.3, 0.4) is 0 Å². The minimum atomic E-state index is -1.05. The van der Waals surface area contributed by atoms with Gasteiger partial charge >= 0.3 is 5.97 Å². The lowest BCUT2D eigenvalue weighted by molar-refractivity contribution is 0.0690. The highest BCUT2D eigenvalue weighted by atomic mass is 16.5. The monoisotopic (exact) mass is 259 g/mol. The number of nitrogens with zero attached hydrogens (tertiary/aromatic N) is 1. The molecule has 19 heavy (non-hydrogen) atoms. The number of aromatic carboxylic acids is 1. The van der Waals surface area contributed by atoms with Crippen LogP contribution < -0.4 is 9.47 Å². The lowest BCUT2D eigenvalue weighted by Gasteiger charge is -2.09. The van der Waals surface area contributed by atoms with Crippen LogP contribution in [0.15, 0.2) is 36.4 Å². The SMILES string of the molecule is COc1ccc(-c2cccc(C(=O)O)n2)cc1OC. The Morgan fingerprint density at radius 2 is 1.84 bits per heavy atom. The first-order valence-electron chi connectivity index (χ1n) is 5.58. The summed E-state index contributed by atoms with van der Waals surface area (Å²) in [6.07, 6.45) is 0. The fourth-order valence-corrected chi connectivity index (χ4v) is 1.71. The van der Waals surface area contributed by atoms with Crippen molar-refractivity contribution in [3.8, 4) is 22.8 Å². The highest BCUT2D eigenvalue weighted by molar-refractivity contribution is 5.86. The second-order valence-corrected chi connectivity index (χ2v) is 3.78. The van der Waals surface area contributed by atoms with Gasteiger partial charge in [0.25, 0.3) is 0 Å². The van der Waals surface area contributed by atoms with Gasteiger partial charge in [-0.25, -0.2) is 9.78 Å². The minimum absolute atomic E-state index is 0.00675. The number of carboxylic acids is 1. The third kappa shape index (κ3) is 2.65. The summed E-state index contributed by atoms with van der Waals surface area (Å²) in [6, 6.07) is 10.2. The molecule has 0 bridgehead atoms. The van der Waals surface area contributed by atoms with Gasteiger partial charge in [0.15, 0.2) is 11.5 Å². The number of rotatable bonds is 4. The number of benzene rings is 1. The summed E-state index contributed by atoms with van der Waals surface area (Å²) < 4.78 is 10.4. The lowest BCUT2D eigenvalue weighted by Crippen LogP contribution is -2.00. The highest BCUT2D eigenvalue weighted by Gasteiger charge is 2.09. The molecule has 0 amide bonds. The molecule has 0 aliphatic heterocycles. The summed E-state index contributed by atoms with van der Waals surface area (Å²) >= 11 is 0. The predicted octanol–water partition coefficient (Wildman–Crippen LogP) is 2.46. The third-order valence-corrected chi connectivity index (χ3v) is 2.65. The van der Waals surface area contributed by atoms with Crippen LogP contribution in [0, 0.1) is 0 Å². The van der Waals surface area contributed by atoms with E-state index in [1.807, 2.05) is 0 Å². The molecule has 0 saturated carbocycles. The van der Waals surface area contributed by atoms with Gasteiger partial charge in [0, 0.05) is 5.56 Å². The predicted molar refractivity (Wildman–Crippen MR) is 69.7 cm³/mol. The molecule has 5 heteroatoms. The smallest absolute Gasteiger partial charge is 0.354 e. The summed E-state index contributed by atoms with van der Waals surface area (Å²) in [5.74, 6) is 0.130. The first-order chi connectivity index (χ1) is 9.15. The Hall–Kier alpha value is -2.56. The Kier molecular flexibility index (Phi) is 3.66. The van der Waals surface area contributed by atoms with E-state index in [0.29, 0.717) is 17.2 Å². The van der Waals surface area contributed by atoms with Gasteiger partial charge in [0.2, 0.25) is 0 Å². The molecule has 0 aliphatic rings. The van der Waals surface area contributed by atoms with Crippen molar-refractivity contribution in [1.29, 1.82) is 0 Å². The van der Waals surface area contributed by atoms with Gasteiger partial charge in [-0.3, -0.25) is 0 Å². The second-order valence-electron chi connectivity index (χ2n) is 3.78. The van der Waals surface area contributed by atoms with Crippen LogP contribution in [-0.4, -0.2) is 30.3 Å². The average Bonchev–Trinajstić information content (AvgIpc) is 2.46. The number of ether oxygens (including phenoxy) is 2. The second kappa shape index (κ2) is 5.39. The van der Waals surface area contributed by atoms with E-state index in [4.69, 9.17) is 14.6 Å². The molecule has 0 unspecified atom stereocenters. The van der Waals surface area contributed by atoms with Gasteiger partial charge in [0.1, 0.15) is 5.69 Å². The quantitative estimate of drug-likeness (QED) is 0.913. The zero-order valence-corrected chi connectivity index (χ0v) is 10.6. The van der Waals surface area contributed by atoms with E-state index < -0.39 is 5.97 Å². The van der Waals surface area contributed by atoms with Gasteiger partial charge in [-0.05, 0) is 30.3 Å². The van der Waals surface area contributed by atoms with Gasteiger partial charge in [-0.15, -0.1) is 0 Å². The van der Waals surface area contributed by atoms with Gasteiger partial charge in [0.05, 0.1) is 19.9 Å². The van der Waals surface area contributed by atoms with Crippen molar-refractivity contribution in [2.24, 2.45) is 0 Å². The first-order valence-corrected chi connectivity index (χ1v) is 5.58. The average molecular weight is 259 g/mol. The van der Waals surface area contributed by atoms with E-state index in [1.54, 1.807) is 44.6 Å². The number of hydrogen-bond acceptors (Lipinski definition) is 4. The molecule has 2 aromatic rings. The fourth-order valence-electron chi connectivity index (χ4n) is 1.71. The van der Waals surface area contributed by atoms with Crippen molar-refractivity contribution < 1.29 is 19.4 Å². The normalized spacial score (nSPS) is 10.0. The zero-order valence-electron chi connectivity index (χ0n) is 10.6. The number of pyridine rings is 1. The van der Waals surface area contributed by atoms with E-state index in [9.17, 15) is 4.79 Å². The maximum Gasteiger partial charge on any atom is 0.354 e. The molecular formula is C14H13NO4. The molecular weight excluding hydrogens is 246 g/mol. The third-order valence-electron chi connectivity index (χ3n) is 2.65. The fraction of sp³-hybridized carbons (Fsp3) is 0.143. The molecule has 0 spiro atoms. The van der Waals surface area contributed by atoms with E-state index in [1.165, 1.54) is 6.07 Å². The Bertz CT molecular complexity index is 610. The van der Waals surface area contributed by atoms with E-state index in [2.05, 4.69) is 4.98 Å². The standard InChI is InChI=1S/C14H13NO4/c1-18-12-7-6-9(8-13(12)19-2)10-4-3-5-11(15-10)14(16)17/h3-8H,1-2H3,(H,16,17). The van der Waals surface area contributed by atoms with E-state index in [0.717, 1.165) is 5.56 Å². The van der Waals surface area contributed by atoms with Crippen molar-refractivity contribution in [3.63, 3.8) is 0 Å². The molecule has 0 radical (unpaired) electrons. The van der Waals surface area contributed by atoms with Gasteiger partial charge < -0.3 is 14.6 Å². The van der Waals surface area contributed by atoms with Crippen molar-refractivity contribution in [1.82, 2.24) is 4.98 Å². The van der Waals surface area contributed by atoms with Crippen LogP contribution in [-0.2, 0) is 0 Å². The number of methoxy groups -OCH3 is 2. The number of aromatic nitrogens is 1. The number of hydrogen-bond donors (Lipinski definition) is 1. The molecule has 5 nitrogen and oxygen atoms in total. The summed E-state index contributed by atoms with van der Waals surface area (Å²) in [4.78, 5) is 15.0. The topological polar surface area (TPSA) is 68.7 Å². The Balaban J connectivity index is 2.47. The summed E-state index contributed by atoms with van der Waals surface area (Å²) in [5.41, 5.74) is 1.34. The van der Waals surface area contributed by atoms with Crippen LogP contribution >= 0.6 is 0 Å². The maximum absolute atomic E-state index is 10.9. The molecule has 1 aromatic heterocycles. The highest BCUT2D eigenvalue weighted by Crippen LogP contribution is 2.31. The van der Waals surface area contributed by atoms with Crippen LogP contribution in [0.25, 0.3) is 11.3 Å². The van der Waals surface area contributed by atoms with Gasteiger partial charge in [-0.2, -0.15) is 0 Å². The lowest BCUT2D eigenvalue weighted by atomic mass is 10.1. The van der Waals surface area contributed by atoms with Crippen LogP contribution in [0.1, 0.15) is 10.5 Å². The Morgan fingerprint density at radius 1 is 1.11 bits per heavy atom. The van der Waals surface area contributed by atoms with Crippen LogP contribution in [0.4, 0.5) is 0 Å². The maximum atomic E-state index is 10.9. The number of carboxylic acid groups (broad SMARTS) is 1. The Labute approximate surface area is 110 Å². The summed E-state index contributed by atoms with van der Waals surface area (Å²) in [5, 5.41) is 8.93. The molecule has 98 valence electrons. The van der Waals surface area contributed by atoms with Crippen molar-refractivity contribution in [2.45, 2.75) is 0 Å². The van der Waals surface area contributed by atoms with Crippen LogP contribution in [0.5, 0.6) is 11.5 Å². The number of carbonyl (C=O) groups is 1. The van der Waals surface area contributed by atoms with Crippen molar-refractivity contribution in [2.75, 3.05) is 14.2 Å². The molecule has 0 atom stereocenters.